The van der Waals surface area contributed by atoms with E-state index in [9.17, 15) is 0 Å². The Balaban J connectivity index is 1.07. The Morgan fingerprint density at radius 1 is 0.614 bits per heavy atom. The normalized spacial score (nSPS) is 23.6. The number of ether oxygens (including phenoxy) is 1. The molecular weight excluding hydrogens is 691 g/mol. The van der Waals surface area contributed by atoms with E-state index in [-0.39, 0.29) is 18.1 Å². The van der Waals surface area contributed by atoms with E-state index in [1.807, 2.05) is 0 Å². The summed E-state index contributed by atoms with van der Waals surface area (Å²) in [7, 11) is 0. The molecule has 2 heterocycles. The van der Waals surface area contributed by atoms with Crippen LogP contribution in [0.15, 0.2) is 229 Å². The van der Waals surface area contributed by atoms with Crippen LogP contribution in [-0.4, -0.2) is 11.8 Å². The van der Waals surface area contributed by atoms with Crippen molar-refractivity contribution in [3.63, 3.8) is 0 Å². The third-order valence-corrected chi connectivity index (χ3v) is 12.5. The van der Waals surface area contributed by atoms with Crippen LogP contribution in [0.4, 0.5) is 0 Å². The molecule has 0 fully saturated rings. The van der Waals surface area contributed by atoms with Gasteiger partial charge in [0.2, 0.25) is 0 Å². The second kappa shape index (κ2) is 14.9. The van der Waals surface area contributed by atoms with Gasteiger partial charge < -0.3 is 4.74 Å². The molecule has 6 aromatic carbocycles. The van der Waals surface area contributed by atoms with Gasteiger partial charge in [0.05, 0.1) is 11.1 Å². The molecule has 0 saturated heterocycles. The highest BCUT2D eigenvalue weighted by Crippen LogP contribution is 2.55. The Morgan fingerprint density at radius 2 is 1.26 bits per heavy atom. The van der Waals surface area contributed by atoms with Gasteiger partial charge in [0, 0.05) is 17.4 Å². The predicted molar refractivity (Wildman–Crippen MR) is 235 cm³/mol. The topological polar surface area (TPSA) is 21.6 Å². The van der Waals surface area contributed by atoms with Crippen molar-refractivity contribution in [1.82, 2.24) is 0 Å². The summed E-state index contributed by atoms with van der Waals surface area (Å²) >= 11 is 0. The Hall–Kier alpha value is -6.51. The molecule has 5 atom stereocenters. The summed E-state index contributed by atoms with van der Waals surface area (Å²) in [6.45, 7) is 4.79. The Morgan fingerprint density at radius 3 is 2.09 bits per heavy atom. The fourth-order valence-corrected chi connectivity index (χ4v) is 9.79. The molecule has 2 nitrogen and oxygen atoms in total. The number of hydrogen-bond acceptors (Lipinski definition) is 2. The minimum atomic E-state index is -0.465. The minimum absolute atomic E-state index is 0.0680. The summed E-state index contributed by atoms with van der Waals surface area (Å²) in [5.41, 5.74) is 13.9. The molecule has 0 saturated carbocycles. The van der Waals surface area contributed by atoms with Crippen LogP contribution >= 0.6 is 0 Å². The average Bonchev–Trinajstić information content (AvgIpc) is 3.29. The van der Waals surface area contributed by atoms with Crippen LogP contribution in [0.2, 0.25) is 0 Å². The van der Waals surface area contributed by atoms with Crippen LogP contribution in [0.25, 0.3) is 11.1 Å². The number of fused-ring (bicyclic) bond motifs is 2. The van der Waals surface area contributed by atoms with E-state index in [4.69, 9.17) is 16.3 Å². The molecular formula is C55H45NO. The molecule has 10 rings (SSSR count). The highest BCUT2D eigenvalue weighted by molar-refractivity contribution is 6.11. The number of rotatable bonds is 7. The van der Waals surface area contributed by atoms with E-state index in [1.54, 1.807) is 0 Å². The first-order valence-electron chi connectivity index (χ1n) is 20.3. The Labute approximate surface area is 336 Å². The zero-order valence-electron chi connectivity index (χ0n) is 32.0. The molecule has 0 aromatic heterocycles. The lowest BCUT2D eigenvalue weighted by Crippen LogP contribution is -2.48. The number of para-hydroxylation sites is 1. The standard InChI is InChI=1S/C55H45NO/c1-38-48(44-25-15-22-41(34-44)39-18-5-2-6-19-39)37-51(40-20-7-3-8-21-40)56-54(38)45-26-16-23-42(35-45)43-24-17-29-47(36-43)55(46-27-9-4-10-28-46)49-30-11-13-32-52(49)57-53-33-14-12-31-50(53)55/h2-14,16-21,23-24,26-37,41,49,52,54H,1,15,22,25H2. The van der Waals surface area contributed by atoms with Crippen molar-refractivity contribution < 1.29 is 4.74 Å². The van der Waals surface area contributed by atoms with Gasteiger partial charge in [-0.2, -0.15) is 0 Å². The minimum Gasteiger partial charge on any atom is -0.485 e. The molecule has 276 valence electrons. The first-order chi connectivity index (χ1) is 28.2. The molecule has 2 aliphatic heterocycles. The average molecular weight is 736 g/mol. The molecule has 0 radical (unpaired) electrons. The van der Waals surface area contributed by atoms with Gasteiger partial charge in [-0.3, -0.25) is 4.99 Å². The number of dihydropyridines is 1. The fraction of sp³-hybridized carbons (Fsp3) is 0.145. The molecule has 0 amide bonds. The van der Waals surface area contributed by atoms with Crippen LogP contribution < -0.4 is 4.74 Å². The highest BCUT2D eigenvalue weighted by Gasteiger charge is 2.51. The third kappa shape index (κ3) is 6.26. The van der Waals surface area contributed by atoms with Crippen molar-refractivity contribution in [3.8, 4) is 16.9 Å². The van der Waals surface area contributed by atoms with Crippen LogP contribution in [0.3, 0.4) is 0 Å². The first-order valence-corrected chi connectivity index (χ1v) is 20.3. The second-order valence-electron chi connectivity index (χ2n) is 15.7. The van der Waals surface area contributed by atoms with Gasteiger partial charge in [-0.1, -0.05) is 176 Å². The van der Waals surface area contributed by atoms with Gasteiger partial charge in [-0.05, 0) is 105 Å². The summed E-state index contributed by atoms with van der Waals surface area (Å²) in [5.74, 6) is 1.40. The zero-order chi connectivity index (χ0) is 38.2. The maximum atomic E-state index is 6.70. The molecule has 5 unspecified atom stereocenters. The quantitative estimate of drug-likeness (QED) is 0.160. The Bertz CT molecular complexity index is 2610. The monoisotopic (exact) mass is 735 g/mol. The van der Waals surface area contributed by atoms with Crippen molar-refractivity contribution in [2.45, 2.75) is 42.7 Å². The number of hydrogen-bond donors (Lipinski definition) is 0. The molecule has 6 aromatic rings. The van der Waals surface area contributed by atoms with Crippen molar-refractivity contribution in [2.75, 3.05) is 0 Å². The van der Waals surface area contributed by atoms with E-state index in [1.165, 1.54) is 39.0 Å². The summed E-state index contributed by atoms with van der Waals surface area (Å²) in [6, 6.07) is 59.1. The third-order valence-electron chi connectivity index (χ3n) is 12.5. The molecule has 0 bridgehead atoms. The largest absolute Gasteiger partial charge is 0.485 e. The van der Waals surface area contributed by atoms with E-state index < -0.39 is 5.41 Å². The van der Waals surface area contributed by atoms with Crippen LogP contribution in [0, 0.1) is 5.92 Å². The maximum absolute atomic E-state index is 6.70. The molecule has 2 heteroatoms. The van der Waals surface area contributed by atoms with Crippen molar-refractivity contribution in [3.05, 3.63) is 257 Å². The molecule has 57 heavy (non-hydrogen) atoms. The van der Waals surface area contributed by atoms with E-state index >= 15 is 0 Å². The lowest BCUT2D eigenvalue weighted by molar-refractivity contribution is 0.140. The van der Waals surface area contributed by atoms with Crippen LogP contribution in [-0.2, 0) is 5.41 Å². The predicted octanol–water partition coefficient (Wildman–Crippen LogP) is 13.1. The second-order valence-corrected chi connectivity index (χ2v) is 15.7. The summed E-state index contributed by atoms with van der Waals surface area (Å²) in [5, 5.41) is 0. The van der Waals surface area contributed by atoms with Gasteiger partial charge in [0.1, 0.15) is 17.9 Å². The zero-order valence-corrected chi connectivity index (χ0v) is 32.0. The maximum Gasteiger partial charge on any atom is 0.125 e. The number of aliphatic imine (C=N–C) groups is 1. The van der Waals surface area contributed by atoms with Crippen LogP contribution in [0.5, 0.6) is 5.75 Å². The Kier molecular flexibility index (Phi) is 9.11. The molecule has 4 aliphatic rings. The number of nitrogens with zero attached hydrogens (tertiary/aromatic N) is 1. The summed E-state index contributed by atoms with van der Waals surface area (Å²) < 4.78 is 6.70. The SMILES string of the molecule is C=C1C(C2=CC(c3ccccc3)CCC2)=CC(c2ccccc2)=NC1c1cccc(-c2cccc(C3(c4ccccc4)c4ccccc4OC4C=CC=CC43)c2)c1. The molecule has 0 N–H and O–H groups in total. The van der Waals surface area contributed by atoms with Gasteiger partial charge in [-0.15, -0.1) is 0 Å². The summed E-state index contributed by atoms with van der Waals surface area (Å²) in [6.07, 6.45) is 16.9. The smallest absolute Gasteiger partial charge is 0.125 e. The van der Waals surface area contributed by atoms with Gasteiger partial charge >= 0.3 is 0 Å². The fourth-order valence-electron chi connectivity index (χ4n) is 9.79. The lowest BCUT2D eigenvalue weighted by atomic mass is 9.58. The van der Waals surface area contributed by atoms with Crippen molar-refractivity contribution in [1.29, 1.82) is 0 Å². The van der Waals surface area contributed by atoms with Crippen molar-refractivity contribution >= 4 is 5.71 Å². The highest BCUT2D eigenvalue weighted by atomic mass is 16.5. The van der Waals surface area contributed by atoms with E-state index in [0.717, 1.165) is 53.0 Å². The molecule has 0 spiro atoms. The van der Waals surface area contributed by atoms with Crippen LogP contribution in [0.1, 0.15) is 64.6 Å². The van der Waals surface area contributed by atoms with Crippen molar-refractivity contribution in [2.24, 2.45) is 10.9 Å². The first kappa shape index (κ1) is 34.9. The number of allylic oxidation sites excluding steroid dienone is 5. The summed E-state index contributed by atoms with van der Waals surface area (Å²) in [4.78, 5) is 5.46. The van der Waals surface area contributed by atoms with Gasteiger partial charge in [-0.25, -0.2) is 0 Å². The molecule has 2 aliphatic carbocycles. The number of benzene rings is 6. The van der Waals surface area contributed by atoms with Gasteiger partial charge in [0.15, 0.2) is 0 Å². The van der Waals surface area contributed by atoms with E-state index in [2.05, 4.69) is 200 Å². The van der Waals surface area contributed by atoms with Gasteiger partial charge in [0.25, 0.3) is 0 Å². The van der Waals surface area contributed by atoms with E-state index in [0.29, 0.717) is 5.92 Å². The lowest BCUT2D eigenvalue weighted by Gasteiger charge is -2.49.